The van der Waals surface area contributed by atoms with Crippen LogP contribution in [0.15, 0.2) is 36.4 Å². The van der Waals surface area contributed by atoms with Crippen LogP contribution in [-0.4, -0.2) is 39.5 Å². The summed E-state index contributed by atoms with van der Waals surface area (Å²) in [7, 11) is 3.19. The van der Waals surface area contributed by atoms with Crippen LogP contribution < -0.4 is 14.8 Å². The molecule has 7 heteroatoms. The van der Waals surface area contributed by atoms with Crippen LogP contribution in [0.1, 0.15) is 61.9 Å². The molecule has 0 aromatic heterocycles. The van der Waals surface area contributed by atoms with Crippen LogP contribution >= 0.6 is 0 Å². The van der Waals surface area contributed by atoms with E-state index in [9.17, 15) is 8.78 Å². The van der Waals surface area contributed by atoms with Crippen molar-refractivity contribution in [2.75, 3.05) is 27.3 Å². The molecule has 5 nitrogen and oxygen atoms in total. The molecule has 1 N–H and O–H groups in total. The van der Waals surface area contributed by atoms with Crippen molar-refractivity contribution < 1.29 is 27.7 Å². The molecule has 0 aliphatic carbocycles. The van der Waals surface area contributed by atoms with E-state index in [4.69, 9.17) is 18.9 Å². The molecule has 4 rings (SSSR count). The van der Waals surface area contributed by atoms with E-state index in [-0.39, 0.29) is 36.1 Å². The molecule has 0 saturated carbocycles. The van der Waals surface area contributed by atoms with E-state index in [1.165, 1.54) is 24.3 Å². The fraction of sp³-hybridized carbons (Fsp3) is 0.538. The highest BCUT2D eigenvalue weighted by Crippen LogP contribution is 2.39. The summed E-state index contributed by atoms with van der Waals surface area (Å²) in [5.41, 5.74) is 1.58. The largest absolute Gasteiger partial charge is 0.496 e. The van der Waals surface area contributed by atoms with Gasteiger partial charge in [-0.1, -0.05) is 0 Å². The third-order valence-electron chi connectivity index (χ3n) is 6.58. The van der Waals surface area contributed by atoms with Crippen molar-refractivity contribution in [2.24, 2.45) is 0 Å². The first-order valence-electron chi connectivity index (χ1n) is 11.8. The monoisotopic (exact) mass is 461 g/mol. The van der Waals surface area contributed by atoms with Gasteiger partial charge in [0.1, 0.15) is 23.1 Å². The van der Waals surface area contributed by atoms with Crippen molar-refractivity contribution in [3.8, 4) is 11.5 Å². The van der Waals surface area contributed by atoms with E-state index in [1.807, 2.05) is 0 Å². The fourth-order valence-corrected chi connectivity index (χ4v) is 4.86. The lowest BCUT2D eigenvalue weighted by molar-refractivity contribution is 0.0352. The second-order valence-electron chi connectivity index (χ2n) is 8.75. The van der Waals surface area contributed by atoms with Gasteiger partial charge in [-0.2, -0.15) is 0 Å². The molecule has 0 amide bonds. The maximum absolute atomic E-state index is 13.7. The Labute approximate surface area is 194 Å². The van der Waals surface area contributed by atoms with Crippen LogP contribution in [-0.2, 0) is 9.47 Å². The van der Waals surface area contributed by atoms with Gasteiger partial charge in [-0.25, -0.2) is 8.78 Å². The molecule has 2 aromatic carbocycles. The molecule has 2 heterocycles. The average molecular weight is 462 g/mol. The lowest BCUT2D eigenvalue weighted by Crippen LogP contribution is -2.24. The SMILES string of the molecule is COc1ccc(F)cc1[C@@H]1CC[C@H](CCNCC[C@@H]2CC[C@H](c3cc(F)ccc3OC)O2)O1. The zero-order valence-corrected chi connectivity index (χ0v) is 19.3. The van der Waals surface area contributed by atoms with Crippen molar-refractivity contribution in [3.05, 3.63) is 59.2 Å². The van der Waals surface area contributed by atoms with Gasteiger partial charge in [0.15, 0.2) is 0 Å². The van der Waals surface area contributed by atoms with Gasteiger partial charge in [-0.15, -0.1) is 0 Å². The molecule has 0 bridgehead atoms. The highest BCUT2D eigenvalue weighted by atomic mass is 19.1. The van der Waals surface area contributed by atoms with Gasteiger partial charge in [-0.3, -0.25) is 0 Å². The molecule has 2 aliphatic heterocycles. The zero-order valence-electron chi connectivity index (χ0n) is 19.3. The summed E-state index contributed by atoms with van der Waals surface area (Å²) >= 11 is 0. The molecule has 2 saturated heterocycles. The Hall–Kier alpha value is -2.22. The van der Waals surface area contributed by atoms with Gasteiger partial charge < -0.3 is 24.3 Å². The van der Waals surface area contributed by atoms with Crippen LogP contribution in [0.4, 0.5) is 8.78 Å². The second-order valence-corrected chi connectivity index (χ2v) is 8.75. The van der Waals surface area contributed by atoms with Gasteiger partial charge in [0.25, 0.3) is 0 Å². The predicted molar refractivity (Wildman–Crippen MR) is 122 cm³/mol. The van der Waals surface area contributed by atoms with Crippen molar-refractivity contribution >= 4 is 0 Å². The molecule has 0 unspecified atom stereocenters. The van der Waals surface area contributed by atoms with E-state index < -0.39 is 0 Å². The Balaban J connectivity index is 1.16. The molecule has 4 atom stereocenters. The first kappa shape index (κ1) is 23.9. The minimum absolute atomic E-state index is 0.121. The van der Waals surface area contributed by atoms with Crippen molar-refractivity contribution in [2.45, 2.75) is 62.9 Å². The Kier molecular flexibility index (Phi) is 8.17. The van der Waals surface area contributed by atoms with Gasteiger partial charge in [0.2, 0.25) is 0 Å². The third kappa shape index (κ3) is 6.02. The van der Waals surface area contributed by atoms with Crippen LogP contribution in [0.25, 0.3) is 0 Å². The summed E-state index contributed by atoms with van der Waals surface area (Å²) in [4.78, 5) is 0. The maximum atomic E-state index is 13.7. The lowest BCUT2D eigenvalue weighted by atomic mass is 10.0. The third-order valence-corrected chi connectivity index (χ3v) is 6.58. The predicted octanol–water partition coefficient (Wildman–Crippen LogP) is 5.49. The van der Waals surface area contributed by atoms with Crippen molar-refractivity contribution in [1.82, 2.24) is 5.32 Å². The molecular formula is C26H33F2NO4. The van der Waals surface area contributed by atoms with E-state index >= 15 is 0 Å². The number of hydrogen-bond acceptors (Lipinski definition) is 5. The molecule has 0 radical (unpaired) electrons. The number of benzene rings is 2. The molecule has 2 aromatic rings. The molecule has 2 fully saturated rings. The summed E-state index contributed by atoms with van der Waals surface area (Å²) in [6, 6.07) is 9.15. The van der Waals surface area contributed by atoms with Crippen LogP contribution in [0.5, 0.6) is 11.5 Å². The fourth-order valence-electron chi connectivity index (χ4n) is 4.86. The van der Waals surface area contributed by atoms with Gasteiger partial charge in [0.05, 0.1) is 38.6 Å². The van der Waals surface area contributed by atoms with Crippen LogP contribution in [0.3, 0.4) is 0 Å². The molecule has 180 valence electrons. The topological polar surface area (TPSA) is 49.0 Å². The first-order valence-corrected chi connectivity index (χ1v) is 11.8. The Bertz CT molecular complexity index is 852. The Morgan fingerprint density at radius 1 is 0.758 bits per heavy atom. The summed E-state index contributed by atoms with van der Waals surface area (Å²) in [6.45, 7) is 1.71. The minimum atomic E-state index is -0.272. The standard InChI is InChI=1S/C26H33F2NO4/c1-30-23-7-3-17(27)15-21(23)25-9-5-19(32-25)11-13-29-14-12-20-6-10-26(33-20)22-16-18(28)4-8-24(22)31-2/h3-4,7-8,15-16,19-20,25-26,29H,5-6,9-14H2,1-2H3/t19-,20+,25+,26-. The zero-order chi connectivity index (χ0) is 23.2. The Morgan fingerprint density at radius 3 is 1.64 bits per heavy atom. The highest BCUT2D eigenvalue weighted by molar-refractivity contribution is 5.37. The number of methoxy groups -OCH3 is 2. The first-order chi connectivity index (χ1) is 16.1. The van der Waals surface area contributed by atoms with Crippen LogP contribution in [0.2, 0.25) is 0 Å². The normalized spacial score (nSPS) is 24.8. The Morgan fingerprint density at radius 2 is 1.21 bits per heavy atom. The minimum Gasteiger partial charge on any atom is -0.496 e. The summed E-state index contributed by atoms with van der Waals surface area (Å²) < 4.78 is 50.4. The van der Waals surface area contributed by atoms with E-state index in [0.717, 1.165) is 62.7 Å². The molecule has 33 heavy (non-hydrogen) atoms. The second kappa shape index (κ2) is 11.3. The number of rotatable bonds is 10. The average Bonchev–Trinajstić information content (AvgIpc) is 3.49. The van der Waals surface area contributed by atoms with E-state index in [0.29, 0.717) is 11.5 Å². The van der Waals surface area contributed by atoms with Gasteiger partial charge in [-0.05, 0) is 88.0 Å². The van der Waals surface area contributed by atoms with Crippen molar-refractivity contribution in [1.29, 1.82) is 0 Å². The van der Waals surface area contributed by atoms with Crippen molar-refractivity contribution in [3.63, 3.8) is 0 Å². The highest BCUT2D eigenvalue weighted by Gasteiger charge is 2.30. The summed E-state index contributed by atoms with van der Waals surface area (Å²) in [5.74, 6) is 0.801. The van der Waals surface area contributed by atoms with E-state index in [2.05, 4.69) is 5.32 Å². The van der Waals surface area contributed by atoms with Gasteiger partial charge >= 0.3 is 0 Å². The van der Waals surface area contributed by atoms with E-state index in [1.54, 1.807) is 26.4 Å². The summed E-state index contributed by atoms with van der Waals surface area (Å²) in [5, 5.41) is 3.48. The number of hydrogen-bond donors (Lipinski definition) is 1. The number of nitrogens with one attached hydrogen (secondary N) is 1. The lowest BCUT2D eigenvalue weighted by Gasteiger charge is -2.18. The number of ether oxygens (including phenoxy) is 4. The summed E-state index contributed by atoms with van der Waals surface area (Å²) in [6.07, 6.45) is 5.52. The smallest absolute Gasteiger partial charge is 0.124 e. The maximum Gasteiger partial charge on any atom is 0.124 e. The molecule has 2 aliphatic rings. The molecular weight excluding hydrogens is 428 g/mol. The quantitative estimate of drug-likeness (QED) is 0.474. The van der Waals surface area contributed by atoms with Gasteiger partial charge in [0, 0.05) is 11.1 Å². The molecule has 0 spiro atoms. The number of halogens is 2. The van der Waals surface area contributed by atoms with Crippen LogP contribution in [0, 0.1) is 11.6 Å².